The Balaban J connectivity index is 0.00000243. The van der Waals surface area contributed by atoms with Crippen LogP contribution in [0.15, 0.2) is 18.2 Å². The predicted octanol–water partition coefficient (Wildman–Crippen LogP) is 3.19. The van der Waals surface area contributed by atoms with Crippen molar-refractivity contribution in [3.05, 3.63) is 23.2 Å². The van der Waals surface area contributed by atoms with Crippen molar-refractivity contribution in [2.45, 2.75) is 45.3 Å². The quantitative estimate of drug-likeness (QED) is 0.724. The highest BCUT2D eigenvalue weighted by Crippen LogP contribution is 2.57. The molecule has 0 bridgehead atoms. The smallest absolute Gasteiger partial charge is 0.245 e. The highest BCUT2D eigenvalue weighted by atomic mass is 35.5. The second-order valence-electron chi connectivity index (χ2n) is 7.46. The fraction of sp³-hybridized carbons (Fsp3) is 0.556. The molecule has 2 amide bonds. The van der Waals surface area contributed by atoms with Crippen molar-refractivity contribution >= 4 is 47.2 Å². The van der Waals surface area contributed by atoms with Crippen LogP contribution in [-0.2, 0) is 14.3 Å². The van der Waals surface area contributed by atoms with E-state index in [2.05, 4.69) is 10.6 Å². The number of hydrogen-bond donors (Lipinski definition) is 3. The van der Waals surface area contributed by atoms with Gasteiger partial charge in [0.25, 0.3) is 0 Å². The second-order valence-corrected chi connectivity index (χ2v) is 7.87. The normalized spacial score (nSPS) is 28.8. The summed E-state index contributed by atoms with van der Waals surface area (Å²) in [6.45, 7) is 6.09. The standard InChI is InChI=1S/C18H24ClN3O3.ClH/c1-10(23)21-14-7-6-11(9-13(14)19)22-16(24)18(20)12-5-4-8-25-15(12)17(18,2)3;/h6-7,9,12,15H,4-5,8,20H2,1-3H3,(H,21,23)(H,22,24);1H. The zero-order chi connectivity index (χ0) is 18.4. The number of carbonyl (C=O) groups is 2. The molecule has 1 saturated heterocycles. The van der Waals surface area contributed by atoms with E-state index < -0.39 is 11.0 Å². The van der Waals surface area contributed by atoms with Crippen LogP contribution in [0.3, 0.4) is 0 Å². The second kappa shape index (κ2) is 7.35. The van der Waals surface area contributed by atoms with E-state index in [4.69, 9.17) is 22.1 Å². The summed E-state index contributed by atoms with van der Waals surface area (Å²) in [7, 11) is 0. The number of fused-ring (bicyclic) bond motifs is 1. The third-order valence-electron chi connectivity index (χ3n) is 5.60. The summed E-state index contributed by atoms with van der Waals surface area (Å²) in [5.74, 6) is -0.419. The highest BCUT2D eigenvalue weighted by molar-refractivity contribution is 6.34. The van der Waals surface area contributed by atoms with Gasteiger partial charge in [0.05, 0.1) is 16.8 Å². The first-order chi connectivity index (χ1) is 11.7. The van der Waals surface area contributed by atoms with Crippen LogP contribution in [0.5, 0.6) is 0 Å². The van der Waals surface area contributed by atoms with Gasteiger partial charge in [0.2, 0.25) is 11.8 Å². The molecule has 1 aliphatic carbocycles. The Morgan fingerprint density at radius 1 is 1.31 bits per heavy atom. The van der Waals surface area contributed by atoms with Crippen LogP contribution in [0.4, 0.5) is 11.4 Å². The van der Waals surface area contributed by atoms with Crippen molar-refractivity contribution in [1.82, 2.24) is 0 Å². The van der Waals surface area contributed by atoms with E-state index in [1.807, 2.05) is 13.8 Å². The molecule has 0 radical (unpaired) electrons. The number of benzene rings is 1. The molecule has 0 aromatic heterocycles. The number of amides is 2. The third-order valence-corrected chi connectivity index (χ3v) is 5.91. The van der Waals surface area contributed by atoms with E-state index >= 15 is 0 Å². The minimum absolute atomic E-state index is 0. The Kier molecular flexibility index (Phi) is 5.93. The van der Waals surface area contributed by atoms with Crippen LogP contribution in [0.25, 0.3) is 0 Å². The molecular weight excluding hydrogens is 377 g/mol. The van der Waals surface area contributed by atoms with Crippen molar-refractivity contribution in [3.8, 4) is 0 Å². The first-order valence-electron chi connectivity index (χ1n) is 8.47. The molecule has 6 nitrogen and oxygen atoms in total. The molecule has 1 aromatic carbocycles. The number of carbonyl (C=O) groups excluding carboxylic acids is 2. The molecule has 1 heterocycles. The van der Waals surface area contributed by atoms with Crippen molar-refractivity contribution in [1.29, 1.82) is 0 Å². The first-order valence-corrected chi connectivity index (χ1v) is 8.85. The SMILES string of the molecule is CC(=O)Nc1ccc(NC(=O)C2(N)C3CCCOC3C2(C)C)cc1Cl.Cl. The molecule has 1 saturated carbocycles. The number of nitrogens with one attached hydrogen (secondary N) is 2. The van der Waals surface area contributed by atoms with Gasteiger partial charge in [-0.3, -0.25) is 9.59 Å². The van der Waals surface area contributed by atoms with Crippen LogP contribution in [-0.4, -0.2) is 30.1 Å². The summed E-state index contributed by atoms with van der Waals surface area (Å²) in [6.07, 6.45) is 1.82. The molecule has 1 aliphatic heterocycles. The van der Waals surface area contributed by atoms with Gasteiger partial charge in [0.15, 0.2) is 0 Å². The van der Waals surface area contributed by atoms with Gasteiger partial charge >= 0.3 is 0 Å². The lowest BCUT2D eigenvalue weighted by Crippen LogP contribution is -2.81. The summed E-state index contributed by atoms with van der Waals surface area (Å²) < 4.78 is 5.84. The van der Waals surface area contributed by atoms with E-state index in [1.165, 1.54) is 6.92 Å². The number of hydrogen-bond acceptors (Lipinski definition) is 4. The number of anilines is 2. The molecule has 144 valence electrons. The van der Waals surface area contributed by atoms with Crippen molar-refractivity contribution in [3.63, 3.8) is 0 Å². The molecular formula is C18H25Cl2N3O3. The zero-order valence-electron chi connectivity index (χ0n) is 15.1. The lowest BCUT2D eigenvalue weighted by Gasteiger charge is -2.65. The molecule has 8 heteroatoms. The van der Waals surface area contributed by atoms with Gasteiger partial charge in [-0.1, -0.05) is 25.4 Å². The zero-order valence-corrected chi connectivity index (χ0v) is 16.7. The lowest BCUT2D eigenvalue weighted by atomic mass is 9.46. The number of halogens is 2. The monoisotopic (exact) mass is 401 g/mol. The number of nitrogens with two attached hydrogens (primary N) is 1. The molecule has 4 N–H and O–H groups in total. The Bertz CT molecular complexity index is 726. The summed E-state index contributed by atoms with van der Waals surface area (Å²) in [4.78, 5) is 24.1. The van der Waals surface area contributed by atoms with Crippen LogP contribution < -0.4 is 16.4 Å². The van der Waals surface area contributed by atoms with Gasteiger partial charge < -0.3 is 21.1 Å². The topological polar surface area (TPSA) is 93.5 Å². The summed E-state index contributed by atoms with van der Waals surface area (Å²) in [6, 6.07) is 4.95. The molecule has 0 spiro atoms. The molecule has 3 unspecified atom stereocenters. The van der Waals surface area contributed by atoms with Crippen LogP contribution in [0.1, 0.15) is 33.6 Å². The van der Waals surface area contributed by atoms with E-state index in [-0.39, 0.29) is 36.2 Å². The van der Waals surface area contributed by atoms with Gasteiger partial charge in [-0.05, 0) is 31.0 Å². The van der Waals surface area contributed by atoms with E-state index in [0.717, 1.165) is 19.4 Å². The maximum absolute atomic E-state index is 13.0. The summed E-state index contributed by atoms with van der Waals surface area (Å²) in [5, 5.41) is 5.86. The molecule has 3 rings (SSSR count). The van der Waals surface area contributed by atoms with Crippen LogP contribution >= 0.6 is 24.0 Å². The average molecular weight is 402 g/mol. The van der Waals surface area contributed by atoms with Crippen molar-refractivity contribution < 1.29 is 14.3 Å². The van der Waals surface area contributed by atoms with Crippen LogP contribution in [0.2, 0.25) is 5.02 Å². The molecule has 26 heavy (non-hydrogen) atoms. The molecule has 3 atom stereocenters. The van der Waals surface area contributed by atoms with Crippen molar-refractivity contribution in [2.24, 2.45) is 17.1 Å². The highest BCUT2D eigenvalue weighted by Gasteiger charge is 2.70. The maximum atomic E-state index is 13.0. The lowest BCUT2D eigenvalue weighted by molar-refractivity contribution is -0.222. The number of ether oxygens (including phenoxy) is 1. The predicted molar refractivity (Wildman–Crippen MR) is 105 cm³/mol. The molecule has 1 aromatic rings. The minimum Gasteiger partial charge on any atom is -0.377 e. The summed E-state index contributed by atoms with van der Waals surface area (Å²) in [5.41, 5.74) is 6.20. The van der Waals surface area contributed by atoms with Crippen LogP contribution in [0, 0.1) is 11.3 Å². The Hall–Kier alpha value is -1.34. The van der Waals surface area contributed by atoms with Gasteiger partial charge in [0, 0.05) is 30.6 Å². The minimum atomic E-state index is -0.985. The fourth-order valence-electron chi connectivity index (χ4n) is 4.16. The largest absolute Gasteiger partial charge is 0.377 e. The van der Waals surface area contributed by atoms with Gasteiger partial charge in [-0.25, -0.2) is 0 Å². The summed E-state index contributed by atoms with van der Waals surface area (Å²) >= 11 is 6.17. The third kappa shape index (κ3) is 3.20. The Labute approximate surface area is 164 Å². The molecule has 2 fully saturated rings. The Morgan fingerprint density at radius 2 is 2.00 bits per heavy atom. The fourth-order valence-corrected chi connectivity index (χ4v) is 4.38. The van der Waals surface area contributed by atoms with E-state index in [9.17, 15) is 9.59 Å². The maximum Gasteiger partial charge on any atom is 0.245 e. The average Bonchev–Trinajstić information content (AvgIpc) is 2.56. The number of rotatable bonds is 3. The van der Waals surface area contributed by atoms with Gasteiger partial charge in [-0.2, -0.15) is 0 Å². The van der Waals surface area contributed by atoms with Crippen molar-refractivity contribution in [2.75, 3.05) is 17.2 Å². The Morgan fingerprint density at radius 3 is 2.62 bits per heavy atom. The van der Waals surface area contributed by atoms with E-state index in [0.29, 0.717) is 16.4 Å². The van der Waals surface area contributed by atoms with Gasteiger partial charge in [-0.15, -0.1) is 12.4 Å². The molecule has 2 aliphatic rings. The van der Waals surface area contributed by atoms with Gasteiger partial charge in [0.1, 0.15) is 5.54 Å². The first kappa shape index (κ1) is 21.0. The van der Waals surface area contributed by atoms with E-state index in [1.54, 1.807) is 18.2 Å².